The minimum absolute atomic E-state index is 0.157. The summed E-state index contributed by atoms with van der Waals surface area (Å²) < 4.78 is 13.1. The molecule has 1 unspecified atom stereocenters. The van der Waals surface area contributed by atoms with E-state index in [-0.39, 0.29) is 16.9 Å². The first-order chi connectivity index (χ1) is 8.65. The molecule has 18 heavy (non-hydrogen) atoms. The van der Waals surface area contributed by atoms with Crippen molar-refractivity contribution >= 4 is 11.6 Å². The van der Waals surface area contributed by atoms with Gasteiger partial charge >= 0.3 is 0 Å². The van der Waals surface area contributed by atoms with E-state index in [0.717, 1.165) is 24.0 Å². The van der Waals surface area contributed by atoms with Crippen molar-refractivity contribution in [3.05, 3.63) is 58.4 Å². The number of hydrogen-bond donors (Lipinski definition) is 1. The third-order valence-corrected chi connectivity index (χ3v) is 3.81. The lowest BCUT2D eigenvalue weighted by molar-refractivity contribution is 0.628. The van der Waals surface area contributed by atoms with Gasteiger partial charge in [-0.05, 0) is 47.2 Å². The Kier molecular flexibility index (Phi) is 2.84. The van der Waals surface area contributed by atoms with E-state index < -0.39 is 0 Å². The molecule has 0 radical (unpaired) electrons. The van der Waals surface area contributed by atoms with Crippen molar-refractivity contribution < 1.29 is 4.39 Å². The summed E-state index contributed by atoms with van der Waals surface area (Å²) in [6.45, 7) is 0. The smallest absolute Gasteiger partial charge is 0.141 e. The van der Waals surface area contributed by atoms with Crippen LogP contribution in [0.3, 0.4) is 0 Å². The van der Waals surface area contributed by atoms with Crippen molar-refractivity contribution in [1.82, 2.24) is 0 Å². The van der Waals surface area contributed by atoms with E-state index in [1.54, 1.807) is 12.1 Å². The van der Waals surface area contributed by atoms with Gasteiger partial charge in [0.25, 0.3) is 0 Å². The highest BCUT2D eigenvalue weighted by Gasteiger charge is 2.19. The van der Waals surface area contributed by atoms with Crippen LogP contribution in [0.5, 0.6) is 0 Å². The van der Waals surface area contributed by atoms with E-state index in [2.05, 4.69) is 12.1 Å². The van der Waals surface area contributed by atoms with Gasteiger partial charge in [-0.1, -0.05) is 35.9 Å². The molecule has 2 aromatic carbocycles. The number of aryl methyl sites for hydroxylation is 1. The summed E-state index contributed by atoms with van der Waals surface area (Å²) >= 11 is 5.81. The Balaban J connectivity index is 2.05. The molecule has 0 bridgehead atoms. The fraction of sp³-hybridized carbons (Fsp3) is 0.200. The first-order valence-electron chi connectivity index (χ1n) is 5.99. The Morgan fingerprint density at radius 2 is 1.83 bits per heavy atom. The van der Waals surface area contributed by atoms with Crippen molar-refractivity contribution in [1.29, 1.82) is 0 Å². The minimum Gasteiger partial charge on any atom is -0.324 e. The predicted octanol–water partition coefficient (Wildman–Crippen LogP) is 4.09. The molecule has 0 fully saturated rings. The maximum absolute atomic E-state index is 13.1. The second kappa shape index (κ2) is 4.38. The molecule has 0 heterocycles. The SMILES string of the molecule is NC1CCc2cc(-c3ccc(F)c(Cl)c3)ccc21. The lowest BCUT2D eigenvalue weighted by Gasteiger charge is -2.08. The molecule has 0 amide bonds. The van der Waals surface area contributed by atoms with Gasteiger partial charge in [-0.3, -0.25) is 0 Å². The minimum atomic E-state index is -0.386. The monoisotopic (exact) mass is 261 g/mol. The van der Waals surface area contributed by atoms with E-state index in [0.29, 0.717) is 0 Å². The fourth-order valence-electron chi connectivity index (χ4n) is 2.51. The van der Waals surface area contributed by atoms with E-state index in [1.165, 1.54) is 17.2 Å². The Morgan fingerprint density at radius 3 is 2.61 bits per heavy atom. The maximum atomic E-state index is 13.1. The zero-order chi connectivity index (χ0) is 12.7. The Morgan fingerprint density at radius 1 is 1.11 bits per heavy atom. The van der Waals surface area contributed by atoms with Crippen LogP contribution >= 0.6 is 11.6 Å². The topological polar surface area (TPSA) is 26.0 Å². The average Bonchev–Trinajstić information content (AvgIpc) is 2.74. The normalized spacial score (nSPS) is 17.8. The van der Waals surface area contributed by atoms with Gasteiger partial charge in [0, 0.05) is 6.04 Å². The second-order valence-corrected chi connectivity index (χ2v) is 5.09. The molecular formula is C15H13ClFN. The summed E-state index contributed by atoms with van der Waals surface area (Å²) in [5.41, 5.74) is 10.5. The van der Waals surface area contributed by atoms with Crippen LogP contribution in [0.1, 0.15) is 23.6 Å². The van der Waals surface area contributed by atoms with Gasteiger partial charge in [0.05, 0.1) is 5.02 Å². The average molecular weight is 262 g/mol. The second-order valence-electron chi connectivity index (χ2n) is 4.69. The van der Waals surface area contributed by atoms with Gasteiger partial charge < -0.3 is 5.73 Å². The molecule has 92 valence electrons. The zero-order valence-electron chi connectivity index (χ0n) is 9.79. The van der Waals surface area contributed by atoms with Gasteiger partial charge in [0.1, 0.15) is 5.82 Å². The van der Waals surface area contributed by atoms with Crippen LogP contribution in [0.2, 0.25) is 5.02 Å². The Hall–Kier alpha value is -1.38. The molecule has 1 nitrogen and oxygen atoms in total. The maximum Gasteiger partial charge on any atom is 0.141 e. The quantitative estimate of drug-likeness (QED) is 0.822. The number of nitrogens with two attached hydrogens (primary N) is 1. The molecular weight excluding hydrogens is 249 g/mol. The Labute approximate surface area is 110 Å². The standard InChI is InChI=1S/C15H13ClFN/c16-13-8-10(2-5-14(13)17)9-1-4-12-11(7-9)3-6-15(12)18/h1-2,4-5,7-8,15H,3,6,18H2. The van der Waals surface area contributed by atoms with Crippen molar-refractivity contribution in [2.24, 2.45) is 5.73 Å². The first kappa shape index (κ1) is 11.7. The summed E-state index contributed by atoms with van der Waals surface area (Å²) in [4.78, 5) is 0. The summed E-state index contributed by atoms with van der Waals surface area (Å²) in [6, 6.07) is 11.2. The Bertz CT molecular complexity index is 609. The van der Waals surface area contributed by atoms with Crippen LogP contribution in [-0.2, 0) is 6.42 Å². The lowest BCUT2D eigenvalue weighted by Crippen LogP contribution is -2.04. The molecule has 1 aliphatic rings. The molecule has 0 aromatic heterocycles. The van der Waals surface area contributed by atoms with Crippen LogP contribution < -0.4 is 5.73 Å². The molecule has 0 saturated heterocycles. The van der Waals surface area contributed by atoms with Crippen LogP contribution in [0, 0.1) is 5.82 Å². The van der Waals surface area contributed by atoms with Crippen molar-refractivity contribution in [3.63, 3.8) is 0 Å². The third kappa shape index (κ3) is 1.92. The predicted molar refractivity (Wildman–Crippen MR) is 72.1 cm³/mol. The number of fused-ring (bicyclic) bond motifs is 1. The van der Waals surface area contributed by atoms with E-state index in [4.69, 9.17) is 17.3 Å². The van der Waals surface area contributed by atoms with Crippen molar-refractivity contribution in [2.75, 3.05) is 0 Å². The molecule has 3 heteroatoms. The van der Waals surface area contributed by atoms with E-state index in [9.17, 15) is 4.39 Å². The molecule has 2 N–H and O–H groups in total. The molecule has 2 aromatic rings. The summed E-state index contributed by atoms with van der Waals surface area (Å²) in [6.07, 6.45) is 2.02. The number of rotatable bonds is 1. The molecule has 0 aliphatic heterocycles. The molecule has 1 aliphatic carbocycles. The van der Waals surface area contributed by atoms with E-state index in [1.807, 2.05) is 6.07 Å². The van der Waals surface area contributed by atoms with Crippen molar-refractivity contribution in [2.45, 2.75) is 18.9 Å². The highest BCUT2D eigenvalue weighted by molar-refractivity contribution is 6.31. The lowest BCUT2D eigenvalue weighted by atomic mass is 10.00. The van der Waals surface area contributed by atoms with Crippen LogP contribution in [0.25, 0.3) is 11.1 Å². The van der Waals surface area contributed by atoms with Gasteiger partial charge in [-0.2, -0.15) is 0 Å². The van der Waals surface area contributed by atoms with Gasteiger partial charge in [0.15, 0.2) is 0 Å². The highest BCUT2D eigenvalue weighted by Crippen LogP contribution is 2.33. The highest BCUT2D eigenvalue weighted by atomic mass is 35.5. The summed E-state index contributed by atoms with van der Waals surface area (Å²) in [5, 5.41) is 0.157. The van der Waals surface area contributed by atoms with Crippen LogP contribution in [0.4, 0.5) is 4.39 Å². The molecule has 0 spiro atoms. The summed E-state index contributed by atoms with van der Waals surface area (Å²) in [7, 11) is 0. The van der Waals surface area contributed by atoms with Crippen molar-refractivity contribution in [3.8, 4) is 11.1 Å². The van der Waals surface area contributed by atoms with Gasteiger partial charge in [-0.25, -0.2) is 4.39 Å². The first-order valence-corrected chi connectivity index (χ1v) is 6.37. The van der Waals surface area contributed by atoms with E-state index >= 15 is 0 Å². The summed E-state index contributed by atoms with van der Waals surface area (Å²) in [5.74, 6) is -0.386. The van der Waals surface area contributed by atoms with Crippen LogP contribution in [-0.4, -0.2) is 0 Å². The number of benzene rings is 2. The fourth-order valence-corrected chi connectivity index (χ4v) is 2.69. The van der Waals surface area contributed by atoms with Crippen LogP contribution in [0.15, 0.2) is 36.4 Å². The largest absolute Gasteiger partial charge is 0.324 e. The third-order valence-electron chi connectivity index (χ3n) is 3.52. The molecule has 0 saturated carbocycles. The molecule has 3 rings (SSSR count). The van der Waals surface area contributed by atoms with Gasteiger partial charge in [0.2, 0.25) is 0 Å². The zero-order valence-corrected chi connectivity index (χ0v) is 10.5. The number of hydrogen-bond acceptors (Lipinski definition) is 1. The molecule has 1 atom stereocenters. The van der Waals surface area contributed by atoms with Gasteiger partial charge in [-0.15, -0.1) is 0 Å². The number of halogens is 2.